The molecule has 0 radical (unpaired) electrons. The predicted molar refractivity (Wildman–Crippen MR) is 88.6 cm³/mol. The molecule has 2 N–H and O–H groups in total. The van der Waals surface area contributed by atoms with Gasteiger partial charge in [-0.05, 0) is 39.0 Å². The van der Waals surface area contributed by atoms with Gasteiger partial charge < -0.3 is 10.4 Å². The first-order valence-corrected chi connectivity index (χ1v) is 8.87. The maximum Gasteiger partial charge on any atom is 0.120 e. The summed E-state index contributed by atoms with van der Waals surface area (Å²) in [7, 11) is 0. The van der Waals surface area contributed by atoms with E-state index in [-0.39, 0.29) is 6.04 Å². The van der Waals surface area contributed by atoms with Gasteiger partial charge in [-0.25, -0.2) is 0 Å². The van der Waals surface area contributed by atoms with E-state index in [1.54, 1.807) is 6.07 Å². The van der Waals surface area contributed by atoms with Crippen LogP contribution in [0.4, 0.5) is 0 Å². The number of hydrogen-bond acceptors (Lipinski definition) is 3. The van der Waals surface area contributed by atoms with Crippen molar-refractivity contribution >= 4 is 11.8 Å². The molecule has 0 saturated heterocycles. The van der Waals surface area contributed by atoms with Gasteiger partial charge >= 0.3 is 0 Å². The Labute approximate surface area is 127 Å². The molecule has 1 aliphatic rings. The number of phenolic OH excluding ortho intramolecular Hbond substituents is 1. The summed E-state index contributed by atoms with van der Waals surface area (Å²) in [5.41, 5.74) is 2.21. The molecular weight excluding hydrogens is 266 g/mol. The summed E-state index contributed by atoms with van der Waals surface area (Å²) >= 11 is 2.01. The van der Waals surface area contributed by atoms with Gasteiger partial charge in [-0.3, -0.25) is 0 Å². The molecule has 3 heteroatoms. The number of nitrogens with one attached hydrogen (secondary N) is 1. The molecule has 20 heavy (non-hydrogen) atoms. The molecule has 0 amide bonds. The van der Waals surface area contributed by atoms with Crippen LogP contribution in [0.15, 0.2) is 18.2 Å². The maximum absolute atomic E-state index is 10.0. The topological polar surface area (TPSA) is 32.3 Å². The van der Waals surface area contributed by atoms with Crippen LogP contribution in [0.3, 0.4) is 0 Å². The highest BCUT2D eigenvalue weighted by Crippen LogP contribution is 2.38. The van der Waals surface area contributed by atoms with Crippen LogP contribution in [0.1, 0.15) is 56.2 Å². The van der Waals surface area contributed by atoms with E-state index in [2.05, 4.69) is 31.5 Å². The van der Waals surface area contributed by atoms with E-state index >= 15 is 0 Å². The fourth-order valence-electron chi connectivity index (χ4n) is 3.12. The van der Waals surface area contributed by atoms with Crippen LogP contribution >= 0.6 is 11.8 Å². The third-order valence-electron chi connectivity index (χ3n) is 4.58. The quantitative estimate of drug-likeness (QED) is 0.843. The van der Waals surface area contributed by atoms with Crippen molar-refractivity contribution < 1.29 is 5.11 Å². The minimum Gasteiger partial charge on any atom is -0.508 e. The van der Waals surface area contributed by atoms with Gasteiger partial charge in [0.15, 0.2) is 0 Å². The fraction of sp³-hybridized carbons (Fsp3) is 0.647. The summed E-state index contributed by atoms with van der Waals surface area (Å²) in [6.45, 7) is 5.24. The van der Waals surface area contributed by atoms with Crippen LogP contribution in [0, 0.1) is 6.92 Å². The second-order valence-electron chi connectivity index (χ2n) is 6.11. The number of rotatable bonds is 5. The Morgan fingerprint density at radius 1 is 1.30 bits per heavy atom. The second-order valence-corrected chi connectivity index (χ2v) is 7.39. The van der Waals surface area contributed by atoms with Crippen LogP contribution < -0.4 is 5.32 Å². The van der Waals surface area contributed by atoms with Crippen LogP contribution in [0.5, 0.6) is 5.75 Å². The zero-order chi connectivity index (χ0) is 14.6. The first-order valence-electron chi connectivity index (χ1n) is 7.64. The Balaban J connectivity index is 2.00. The first-order chi connectivity index (χ1) is 9.56. The molecule has 0 bridgehead atoms. The Kier molecular flexibility index (Phi) is 5.39. The SMILES string of the molecule is CSC1(CNC(C)c2cc(C)ccc2O)CCCCC1. The highest BCUT2D eigenvalue weighted by molar-refractivity contribution is 8.00. The van der Waals surface area contributed by atoms with Crippen molar-refractivity contribution in [2.45, 2.75) is 56.7 Å². The minimum absolute atomic E-state index is 0.195. The van der Waals surface area contributed by atoms with Gasteiger partial charge in [0.2, 0.25) is 0 Å². The molecule has 1 saturated carbocycles. The molecule has 0 spiro atoms. The van der Waals surface area contributed by atoms with E-state index in [1.165, 1.54) is 37.7 Å². The first kappa shape index (κ1) is 15.7. The number of aromatic hydroxyl groups is 1. The van der Waals surface area contributed by atoms with Gasteiger partial charge in [0, 0.05) is 22.9 Å². The Morgan fingerprint density at radius 3 is 2.65 bits per heavy atom. The zero-order valence-electron chi connectivity index (χ0n) is 12.9. The van der Waals surface area contributed by atoms with Crippen LogP contribution in [0.2, 0.25) is 0 Å². The summed E-state index contributed by atoms with van der Waals surface area (Å²) in [4.78, 5) is 0. The number of hydrogen-bond donors (Lipinski definition) is 2. The molecule has 0 aliphatic heterocycles. The van der Waals surface area contributed by atoms with Crippen molar-refractivity contribution in [1.29, 1.82) is 0 Å². The van der Waals surface area contributed by atoms with E-state index in [4.69, 9.17) is 0 Å². The number of thioether (sulfide) groups is 1. The van der Waals surface area contributed by atoms with Crippen molar-refractivity contribution in [3.63, 3.8) is 0 Å². The van der Waals surface area contributed by atoms with Crippen LogP contribution in [0.25, 0.3) is 0 Å². The zero-order valence-corrected chi connectivity index (χ0v) is 13.7. The van der Waals surface area contributed by atoms with E-state index in [9.17, 15) is 5.11 Å². The molecule has 1 aromatic rings. The number of benzene rings is 1. The summed E-state index contributed by atoms with van der Waals surface area (Å²) in [5, 5.41) is 13.7. The predicted octanol–water partition coefficient (Wildman–Crippen LogP) is 4.42. The average Bonchev–Trinajstić information content (AvgIpc) is 2.48. The molecule has 1 fully saturated rings. The van der Waals surface area contributed by atoms with Crippen LogP contribution in [-0.2, 0) is 0 Å². The van der Waals surface area contributed by atoms with E-state index in [1.807, 2.05) is 17.8 Å². The van der Waals surface area contributed by atoms with E-state index in [0.717, 1.165) is 12.1 Å². The second kappa shape index (κ2) is 6.86. The van der Waals surface area contributed by atoms with Gasteiger partial charge in [-0.1, -0.05) is 37.0 Å². The van der Waals surface area contributed by atoms with Crippen molar-refractivity contribution in [2.75, 3.05) is 12.8 Å². The molecule has 1 unspecified atom stereocenters. The molecule has 112 valence electrons. The lowest BCUT2D eigenvalue weighted by Crippen LogP contribution is -2.40. The minimum atomic E-state index is 0.195. The largest absolute Gasteiger partial charge is 0.508 e. The molecule has 1 atom stereocenters. The molecule has 2 rings (SSSR count). The molecular formula is C17H27NOS. The van der Waals surface area contributed by atoms with E-state index < -0.39 is 0 Å². The Morgan fingerprint density at radius 2 is 2.00 bits per heavy atom. The lowest BCUT2D eigenvalue weighted by molar-refractivity contribution is 0.364. The number of aryl methyl sites for hydroxylation is 1. The molecule has 1 aliphatic carbocycles. The summed E-state index contributed by atoms with van der Waals surface area (Å²) in [5.74, 6) is 0.400. The van der Waals surface area contributed by atoms with E-state index in [0.29, 0.717) is 10.5 Å². The lowest BCUT2D eigenvalue weighted by atomic mass is 9.88. The van der Waals surface area contributed by atoms with Gasteiger partial charge in [0.25, 0.3) is 0 Å². The van der Waals surface area contributed by atoms with Crippen LogP contribution in [-0.4, -0.2) is 22.7 Å². The molecule has 2 nitrogen and oxygen atoms in total. The third-order valence-corrected chi connectivity index (χ3v) is 6.00. The summed E-state index contributed by atoms with van der Waals surface area (Å²) in [6, 6.07) is 6.03. The number of phenols is 1. The van der Waals surface area contributed by atoms with Crippen molar-refractivity contribution in [3.05, 3.63) is 29.3 Å². The van der Waals surface area contributed by atoms with Crippen molar-refractivity contribution in [1.82, 2.24) is 5.32 Å². The summed E-state index contributed by atoms with van der Waals surface area (Å²) < 4.78 is 0.395. The average molecular weight is 293 g/mol. The Hall–Kier alpha value is -0.670. The normalized spacial score (nSPS) is 19.8. The lowest BCUT2D eigenvalue weighted by Gasteiger charge is -2.37. The molecule has 0 heterocycles. The maximum atomic E-state index is 10.0. The van der Waals surface area contributed by atoms with Crippen molar-refractivity contribution in [2.24, 2.45) is 0 Å². The van der Waals surface area contributed by atoms with Gasteiger partial charge in [-0.15, -0.1) is 0 Å². The standard InChI is InChI=1S/C17H27NOS/c1-13-7-8-16(19)15(11-13)14(2)18-12-17(20-3)9-5-4-6-10-17/h7-8,11,14,18-19H,4-6,9-10,12H2,1-3H3. The monoisotopic (exact) mass is 293 g/mol. The smallest absolute Gasteiger partial charge is 0.120 e. The Bertz CT molecular complexity index is 441. The third kappa shape index (κ3) is 3.70. The fourth-order valence-corrected chi connectivity index (χ4v) is 4.04. The van der Waals surface area contributed by atoms with Gasteiger partial charge in [0.1, 0.15) is 5.75 Å². The van der Waals surface area contributed by atoms with Gasteiger partial charge in [0.05, 0.1) is 0 Å². The van der Waals surface area contributed by atoms with Crippen molar-refractivity contribution in [3.8, 4) is 5.75 Å². The summed E-state index contributed by atoms with van der Waals surface area (Å²) in [6.07, 6.45) is 8.96. The highest BCUT2D eigenvalue weighted by Gasteiger charge is 2.31. The highest BCUT2D eigenvalue weighted by atomic mass is 32.2. The molecule has 0 aromatic heterocycles. The van der Waals surface area contributed by atoms with Gasteiger partial charge in [-0.2, -0.15) is 11.8 Å². The molecule has 1 aromatic carbocycles.